The van der Waals surface area contributed by atoms with E-state index in [2.05, 4.69) is 20.6 Å². The zero-order valence-corrected chi connectivity index (χ0v) is 17.3. The zero-order valence-electron chi connectivity index (χ0n) is 16.5. The third-order valence-electron chi connectivity index (χ3n) is 5.26. The number of aryl methyl sites for hydroxylation is 1. The van der Waals surface area contributed by atoms with E-state index < -0.39 is 12.7 Å². The minimum Gasteiger partial charge on any atom is -0.367 e. The summed E-state index contributed by atoms with van der Waals surface area (Å²) in [6.45, 7) is 1.21. The number of nitrogens with two attached hydrogens (primary N) is 1. The summed E-state index contributed by atoms with van der Waals surface area (Å²) in [4.78, 5) is 13.4. The summed E-state index contributed by atoms with van der Waals surface area (Å²) in [6, 6.07) is 7.95. The van der Waals surface area contributed by atoms with E-state index in [-0.39, 0.29) is 12.0 Å². The summed E-state index contributed by atoms with van der Waals surface area (Å²) in [5, 5.41) is 6.47. The van der Waals surface area contributed by atoms with Crippen LogP contribution in [0.15, 0.2) is 24.3 Å². The van der Waals surface area contributed by atoms with Gasteiger partial charge in [-0.1, -0.05) is 12.1 Å². The third-order valence-corrected chi connectivity index (χ3v) is 6.31. The molecule has 0 bridgehead atoms. The highest BCUT2D eigenvalue weighted by molar-refractivity contribution is 7.21. The van der Waals surface area contributed by atoms with Crippen molar-refractivity contribution in [3.63, 3.8) is 0 Å². The number of nitrogens with one attached hydrogen (secondary N) is 2. The number of alkyl halides is 3. The molecule has 1 aliphatic carbocycles. The first-order valence-electron chi connectivity index (χ1n) is 9.84. The van der Waals surface area contributed by atoms with Gasteiger partial charge in [-0.15, -0.1) is 11.3 Å². The van der Waals surface area contributed by atoms with E-state index >= 15 is 0 Å². The van der Waals surface area contributed by atoms with Crippen LogP contribution in [-0.2, 0) is 0 Å². The van der Waals surface area contributed by atoms with Crippen molar-refractivity contribution in [1.82, 2.24) is 15.0 Å². The molecular weight excluding hydrogens is 413 g/mol. The van der Waals surface area contributed by atoms with Gasteiger partial charge in [0.05, 0.1) is 21.5 Å². The number of anilines is 2. The minimum absolute atomic E-state index is 0.0504. The normalized spacial score (nSPS) is 19.4. The summed E-state index contributed by atoms with van der Waals surface area (Å²) < 4.78 is 39.0. The minimum atomic E-state index is -4.35. The highest BCUT2D eigenvalue weighted by Crippen LogP contribution is 2.37. The predicted molar refractivity (Wildman–Crippen MR) is 114 cm³/mol. The topological polar surface area (TPSA) is 88.8 Å². The van der Waals surface area contributed by atoms with Crippen molar-refractivity contribution in [2.45, 2.75) is 38.4 Å². The Morgan fingerprint density at radius 2 is 1.97 bits per heavy atom. The lowest BCUT2D eigenvalue weighted by Crippen LogP contribution is -2.24. The molecule has 2 aromatic heterocycles. The maximum Gasteiger partial charge on any atom is 0.405 e. The lowest BCUT2D eigenvalue weighted by Gasteiger charge is -2.18. The van der Waals surface area contributed by atoms with Crippen molar-refractivity contribution >= 4 is 33.3 Å². The molecule has 0 radical (unpaired) electrons. The summed E-state index contributed by atoms with van der Waals surface area (Å²) in [6.07, 6.45) is -1.48. The van der Waals surface area contributed by atoms with Crippen LogP contribution in [0.4, 0.5) is 24.9 Å². The standard InChI is InChI=1S/C20H23F3N6S/c1-11-16(18-28-14-4-2-3-5-15(14)30-18)17(27-13-7-6-12(8-13)9-24)29-19(26-11)25-10-20(21,22)23/h2-5,12-13H,6-10,24H2,1H3,(H2,25,26,27,29)/t12-,13+/m1/s1. The average Bonchev–Trinajstić information content (AvgIpc) is 3.32. The second kappa shape index (κ2) is 8.35. The molecule has 2 heterocycles. The Morgan fingerprint density at radius 1 is 1.17 bits per heavy atom. The Hall–Kier alpha value is -2.46. The molecule has 1 saturated carbocycles. The Kier molecular flexibility index (Phi) is 5.79. The smallest absolute Gasteiger partial charge is 0.367 e. The third kappa shape index (κ3) is 4.65. The monoisotopic (exact) mass is 436 g/mol. The molecule has 1 aliphatic rings. The number of para-hydroxylation sites is 1. The van der Waals surface area contributed by atoms with E-state index in [4.69, 9.17) is 10.7 Å². The number of thiazole rings is 1. The molecule has 4 N–H and O–H groups in total. The molecular formula is C20H23F3N6S. The number of rotatable bonds is 6. The second-order valence-electron chi connectivity index (χ2n) is 7.57. The first-order valence-corrected chi connectivity index (χ1v) is 10.7. The molecule has 3 aromatic rings. The van der Waals surface area contributed by atoms with Crippen molar-refractivity contribution in [2.24, 2.45) is 11.7 Å². The van der Waals surface area contributed by atoms with Gasteiger partial charge in [-0.2, -0.15) is 18.2 Å². The Bertz CT molecular complexity index is 1000. The first kappa shape index (κ1) is 20.8. The van der Waals surface area contributed by atoms with Crippen LogP contribution in [0.5, 0.6) is 0 Å². The molecule has 0 aliphatic heterocycles. The molecule has 6 nitrogen and oxygen atoms in total. The van der Waals surface area contributed by atoms with Crippen LogP contribution in [0.3, 0.4) is 0 Å². The van der Waals surface area contributed by atoms with E-state index in [1.165, 1.54) is 11.3 Å². The van der Waals surface area contributed by atoms with Gasteiger partial charge in [0.2, 0.25) is 5.95 Å². The summed E-state index contributed by atoms with van der Waals surface area (Å²) in [5.41, 5.74) is 7.97. The van der Waals surface area contributed by atoms with Gasteiger partial charge in [-0.25, -0.2) is 9.97 Å². The lowest BCUT2D eigenvalue weighted by atomic mass is 10.1. The maximum atomic E-state index is 12.7. The van der Waals surface area contributed by atoms with E-state index in [0.29, 0.717) is 24.0 Å². The largest absolute Gasteiger partial charge is 0.405 e. The van der Waals surface area contributed by atoms with Crippen LogP contribution in [0.25, 0.3) is 20.8 Å². The molecule has 0 amide bonds. The van der Waals surface area contributed by atoms with Crippen LogP contribution >= 0.6 is 11.3 Å². The average molecular weight is 437 g/mol. The molecule has 0 unspecified atom stereocenters. The summed E-state index contributed by atoms with van der Waals surface area (Å²) >= 11 is 1.51. The molecule has 1 fully saturated rings. The summed E-state index contributed by atoms with van der Waals surface area (Å²) in [5.74, 6) is 0.901. The maximum absolute atomic E-state index is 12.7. The number of benzene rings is 1. The molecule has 2 atom stereocenters. The van der Waals surface area contributed by atoms with Crippen LogP contribution in [0.1, 0.15) is 25.0 Å². The molecule has 0 saturated heterocycles. The van der Waals surface area contributed by atoms with Gasteiger partial charge < -0.3 is 16.4 Å². The van der Waals surface area contributed by atoms with Crippen LogP contribution in [-0.4, -0.2) is 40.3 Å². The lowest BCUT2D eigenvalue weighted by molar-refractivity contribution is -0.115. The van der Waals surface area contributed by atoms with Crippen LogP contribution < -0.4 is 16.4 Å². The van der Waals surface area contributed by atoms with Crippen molar-refractivity contribution in [3.8, 4) is 10.6 Å². The van der Waals surface area contributed by atoms with Gasteiger partial charge in [0, 0.05) is 6.04 Å². The molecule has 10 heteroatoms. The quantitative estimate of drug-likeness (QED) is 0.524. The van der Waals surface area contributed by atoms with Crippen molar-refractivity contribution in [2.75, 3.05) is 23.7 Å². The van der Waals surface area contributed by atoms with Crippen molar-refractivity contribution in [1.29, 1.82) is 0 Å². The fourth-order valence-corrected chi connectivity index (χ4v) is 4.85. The van der Waals surface area contributed by atoms with E-state index in [0.717, 1.165) is 40.1 Å². The van der Waals surface area contributed by atoms with E-state index in [1.807, 2.05) is 24.3 Å². The molecule has 30 heavy (non-hydrogen) atoms. The highest BCUT2D eigenvalue weighted by atomic mass is 32.1. The number of halogens is 3. The molecule has 4 rings (SSSR count). The van der Waals surface area contributed by atoms with E-state index in [9.17, 15) is 13.2 Å². The summed E-state index contributed by atoms with van der Waals surface area (Å²) in [7, 11) is 0. The van der Waals surface area contributed by atoms with Crippen molar-refractivity contribution < 1.29 is 13.2 Å². The molecule has 160 valence electrons. The van der Waals surface area contributed by atoms with Gasteiger partial charge in [0.15, 0.2) is 0 Å². The Balaban J connectivity index is 1.71. The van der Waals surface area contributed by atoms with Gasteiger partial charge >= 0.3 is 6.18 Å². The van der Waals surface area contributed by atoms with Gasteiger partial charge in [-0.05, 0) is 50.8 Å². The number of aromatic nitrogens is 3. The van der Waals surface area contributed by atoms with Crippen molar-refractivity contribution in [3.05, 3.63) is 30.0 Å². The molecule has 0 spiro atoms. The van der Waals surface area contributed by atoms with Gasteiger partial charge in [-0.3, -0.25) is 0 Å². The Labute approximate surface area is 176 Å². The number of hydrogen-bond donors (Lipinski definition) is 3. The number of nitrogens with zero attached hydrogens (tertiary/aromatic N) is 3. The number of hydrogen-bond acceptors (Lipinski definition) is 7. The SMILES string of the molecule is Cc1nc(NCC(F)(F)F)nc(N[C@H]2CC[C@@H](CN)C2)c1-c1nc2ccccc2s1. The first-order chi connectivity index (χ1) is 14.3. The van der Waals surface area contributed by atoms with Crippen LogP contribution in [0.2, 0.25) is 0 Å². The fourth-order valence-electron chi connectivity index (χ4n) is 3.78. The van der Waals surface area contributed by atoms with E-state index in [1.54, 1.807) is 6.92 Å². The zero-order chi connectivity index (χ0) is 21.3. The fraction of sp³-hybridized carbons (Fsp3) is 0.450. The second-order valence-corrected chi connectivity index (χ2v) is 8.60. The van der Waals surface area contributed by atoms with Gasteiger partial charge in [0.25, 0.3) is 0 Å². The predicted octanol–water partition coefficient (Wildman–Crippen LogP) is 4.58. The van der Waals surface area contributed by atoms with Gasteiger partial charge in [0.1, 0.15) is 17.4 Å². The number of fused-ring (bicyclic) bond motifs is 1. The highest BCUT2D eigenvalue weighted by Gasteiger charge is 2.29. The Morgan fingerprint density at radius 3 is 2.67 bits per heavy atom. The van der Waals surface area contributed by atoms with Crippen LogP contribution in [0, 0.1) is 12.8 Å². The molecule has 1 aromatic carbocycles.